The highest BCUT2D eigenvalue weighted by atomic mass is 16.5. The number of aliphatic imine (C=N–C) groups is 1. The van der Waals surface area contributed by atoms with E-state index in [9.17, 15) is 4.79 Å². The number of aryl methyl sites for hydroxylation is 2. The lowest BCUT2D eigenvalue weighted by atomic mass is 10.1. The van der Waals surface area contributed by atoms with Crippen molar-refractivity contribution in [1.82, 2.24) is 5.16 Å². The Labute approximate surface area is 159 Å². The summed E-state index contributed by atoms with van der Waals surface area (Å²) >= 11 is 0. The molecule has 6 heteroatoms. The first-order chi connectivity index (χ1) is 13.3. The molecule has 1 aromatic carbocycles. The lowest BCUT2D eigenvalue weighted by molar-refractivity contribution is 0.111. The van der Waals surface area contributed by atoms with E-state index in [1.54, 1.807) is 6.07 Å². The fourth-order valence-electron chi connectivity index (χ4n) is 3.06. The van der Waals surface area contributed by atoms with Crippen LogP contribution in [0.5, 0.6) is 5.75 Å². The molecule has 0 saturated heterocycles. The summed E-state index contributed by atoms with van der Waals surface area (Å²) in [5.41, 5.74) is 2.30. The molecule has 144 valence electrons. The van der Waals surface area contributed by atoms with Crippen LogP contribution >= 0.6 is 0 Å². The Balaban J connectivity index is 1.33. The van der Waals surface area contributed by atoms with E-state index in [-0.39, 0.29) is 0 Å². The molecule has 0 amide bonds. The Kier molecular flexibility index (Phi) is 7.02. The fourth-order valence-corrected chi connectivity index (χ4v) is 3.06. The summed E-state index contributed by atoms with van der Waals surface area (Å²) < 4.78 is 16.4. The Hall–Kier alpha value is -2.63. The number of hydrogen-bond acceptors (Lipinski definition) is 6. The van der Waals surface area contributed by atoms with Crippen molar-refractivity contribution in [3.8, 4) is 5.75 Å². The second kappa shape index (κ2) is 9.90. The topological polar surface area (TPSA) is 73.9 Å². The largest absolute Gasteiger partial charge is 0.493 e. The van der Waals surface area contributed by atoms with Gasteiger partial charge in [0.05, 0.1) is 24.4 Å². The normalized spacial score (nSPS) is 13.3. The molecule has 0 bridgehead atoms. The van der Waals surface area contributed by atoms with Crippen molar-refractivity contribution in [3.63, 3.8) is 0 Å². The van der Waals surface area contributed by atoms with Crippen LogP contribution in [0.1, 0.15) is 59.5 Å². The molecule has 0 saturated carbocycles. The maximum atomic E-state index is 11.3. The molecule has 6 nitrogen and oxygen atoms in total. The van der Waals surface area contributed by atoms with Crippen molar-refractivity contribution in [2.45, 2.75) is 45.4 Å². The van der Waals surface area contributed by atoms with Gasteiger partial charge in [-0.25, -0.2) is 4.99 Å². The quantitative estimate of drug-likeness (QED) is 0.439. The van der Waals surface area contributed by atoms with Gasteiger partial charge < -0.3 is 14.0 Å². The van der Waals surface area contributed by atoms with E-state index in [1.807, 2.05) is 25.1 Å². The Morgan fingerprint density at radius 1 is 1.15 bits per heavy atom. The van der Waals surface area contributed by atoms with Gasteiger partial charge >= 0.3 is 0 Å². The predicted octanol–water partition coefficient (Wildman–Crippen LogP) is 4.14. The van der Waals surface area contributed by atoms with Crippen molar-refractivity contribution in [1.29, 1.82) is 0 Å². The molecular formula is C21H26N2O4. The molecule has 0 radical (unpaired) electrons. The third-order valence-electron chi connectivity index (χ3n) is 4.47. The molecule has 0 N–H and O–H groups in total. The number of aromatic nitrogens is 1. The van der Waals surface area contributed by atoms with Gasteiger partial charge in [0, 0.05) is 18.1 Å². The van der Waals surface area contributed by atoms with E-state index in [0.29, 0.717) is 37.0 Å². The minimum Gasteiger partial charge on any atom is -0.493 e. The first kappa shape index (κ1) is 19.1. The second-order valence-electron chi connectivity index (χ2n) is 6.71. The molecule has 1 aliphatic heterocycles. The van der Waals surface area contributed by atoms with Gasteiger partial charge in [0.15, 0.2) is 6.29 Å². The number of unbranched alkanes of at least 4 members (excludes halogenated alkanes) is 4. The van der Waals surface area contributed by atoms with Crippen LogP contribution in [0.25, 0.3) is 0 Å². The van der Waals surface area contributed by atoms with Crippen LogP contribution in [0.2, 0.25) is 0 Å². The number of hydrogen-bond donors (Lipinski definition) is 0. The smallest absolute Gasteiger partial charge is 0.216 e. The van der Waals surface area contributed by atoms with Crippen LogP contribution in [0.15, 0.2) is 33.8 Å². The van der Waals surface area contributed by atoms with Gasteiger partial charge in [0.2, 0.25) is 5.90 Å². The minimum atomic E-state index is 0.535. The van der Waals surface area contributed by atoms with Gasteiger partial charge in [-0.15, -0.1) is 0 Å². The molecule has 0 aliphatic carbocycles. The van der Waals surface area contributed by atoms with E-state index in [0.717, 1.165) is 61.8 Å². The third kappa shape index (κ3) is 5.67. The van der Waals surface area contributed by atoms with Crippen LogP contribution in [0, 0.1) is 6.92 Å². The van der Waals surface area contributed by atoms with Crippen molar-refractivity contribution >= 4 is 12.2 Å². The summed E-state index contributed by atoms with van der Waals surface area (Å²) in [6, 6.07) is 7.48. The number of nitrogens with zero attached hydrogens (tertiary/aromatic N) is 2. The van der Waals surface area contributed by atoms with Crippen LogP contribution in [0.4, 0.5) is 0 Å². The summed E-state index contributed by atoms with van der Waals surface area (Å²) in [4.78, 5) is 15.6. The number of carbonyl (C=O) groups is 1. The summed E-state index contributed by atoms with van der Waals surface area (Å²) in [7, 11) is 0. The van der Waals surface area contributed by atoms with Crippen molar-refractivity contribution in [2.24, 2.45) is 4.99 Å². The minimum absolute atomic E-state index is 0.535. The molecule has 0 atom stereocenters. The molecule has 2 heterocycles. The van der Waals surface area contributed by atoms with Crippen LogP contribution in [-0.4, -0.2) is 37.1 Å². The summed E-state index contributed by atoms with van der Waals surface area (Å²) in [5, 5.41) is 3.90. The number of benzene rings is 1. The zero-order chi connectivity index (χ0) is 18.9. The van der Waals surface area contributed by atoms with Crippen LogP contribution in [-0.2, 0) is 11.2 Å². The Morgan fingerprint density at radius 2 is 2.00 bits per heavy atom. The van der Waals surface area contributed by atoms with Gasteiger partial charge in [-0.1, -0.05) is 24.4 Å². The Bertz CT molecular complexity index is 782. The summed E-state index contributed by atoms with van der Waals surface area (Å²) in [6.45, 7) is 3.82. The van der Waals surface area contributed by atoms with E-state index < -0.39 is 0 Å². The number of carbonyl (C=O) groups excluding carboxylic acids is 1. The maximum absolute atomic E-state index is 11.3. The van der Waals surface area contributed by atoms with Crippen molar-refractivity contribution in [3.05, 3.63) is 46.8 Å². The molecule has 27 heavy (non-hydrogen) atoms. The van der Waals surface area contributed by atoms with Crippen LogP contribution < -0.4 is 4.74 Å². The van der Waals surface area contributed by atoms with Gasteiger partial charge in [0.25, 0.3) is 0 Å². The van der Waals surface area contributed by atoms with E-state index in [4.69, 9.17) is 14.0 Å². The Morgan fingerprint density at radius 3 is 2.74 bits per heavy atom. The fraction of sp³-hybridized carbons (Fsp3) is 0.476. The molecule has 0 fully saturated rings. The maximum Gasteiger partial charge on any atom is 0.216 e. The predicted molar refractivity (Wildman–Crippen MR) is 103 cm³/mol. The SMILES string of the molecule is Cc1cc(CCCCCCCOc2ccc(C3=NCCO3)cc2C=O)on1. The standard InChI is InChI=1S/C21H26N2O4/c1-16-13-19(27-23-16)7-5-3-2-4-6-11-25-20-9-8-17(14-18(20)15-24)21-22-10-12-26-21/h8-9,13-15H,2-7,10-12H2,1H3. The van der Waals surface area contributed by atoms with Gasteiger partial charge in [-0.3, -0.25) is 4.79 Å². The average molecular weight is 370 g/mol. The molecule has 1 aromatic heterocycles. The zero-order valence-electron chi connectivity index (χ0n) is 15.8. The first-order valence-corrected chi connectivity index (χ1v) is 9.58. The highest BCUT2D eigenvalue weighted by molar-refractivity contribution is 5.97. The summed E-state index contributed by atoms with van der Waals surface area (Å²) in [5.74, 6) is 2.19. The first-order valence-electron chi connectivity index (χ1n) is 9.58. The lowest BCUT2D eigenvalue weighted by Crippen LogP contribution is -2.04. The average Bonchev–Trinajstić information content (AvgIpc) is 3.36. The molecule has 0 unspecified atom stereocenters. The lowest BCUT2D eigenvalue weighted by Gasteiger charge is -2.10. The van der Waals surface area contributed by atoms with Gasteiger partial charge in [0.1, 0.15) is 18.1 Å². The monoisotopic (exact) mass is 370 g/mol. The second-order valence-corrected chi connectivity index (χ2v) is 6.71. The third-order valence-corrected chi connectivity index (χ3v) is 4.47. The van der Waals surface area contributed by atoms with Gasteiger partial charge in [-0.2, -0.15) is 0 Å². The van der Waals surface area contributed by atoms with Crippen molar-refractivity contribution < 1.29 is 18.8 Å². The van der Waals surface area contributed by atoms with E-state index in [1.165, 1.54) is 0 Å². The molecule has 2 aromatic rings. The number of ether oxygens (including phenoxy) is 2. The van der Waals surface area contributed by atoms with Gasteiger partial charge in [-0.05, 0) is 38.0 Å². The molecule has 0 spiro atoms. The number of aldehydes is 1. The van der Waals surface area contributed by atoms with Crippen LogP contribution in [0.3, 0.4) is 0 Å². The van der Waals surface area contributed by atoms with E-state index >= 15 is 0 Å². The highest BCUT2D eigenvalue weighted by Crippen LogP contribution is 2.21. The highest BCUT2D eigenvalue weighted by Gasteiger charge is 2.13. The number of rotatable bonds is 11. The molecule has 3 rings (SSSR count). The van der Waals surface area contributed by atoms with Crippen molar-refractivity contribution in [2.75, 3.05) is 19.8 Å². The molecular weight excluding hydrogens is 344 g/mol. The van der Waals surface area contributed by atoms with E-state index in [2.05, 4.69) is 10.1 Å². The summed E-state index contributed by atoms with van der Waals surface area (Å²) in [6.07, 6.45) is 7.27. The molecule has 1 aliphatic rings. The zero-order valence-corrected chi connectivity index (χ0v) is 15.8.